The highest BCUT2D eigenvalue weighted by Gasteiger charge is 2.38. The first kappa shape index (κ1) is 72.1. The number of aromatic amines is 3. The van der Waals surface area contributed by atoms with Crippen molar-refractivity contribution in [3.05, 3.63) is 180 Å². The summed E-state index contributed by atoms with van der Waals surface area (Å²) in [5.41, 5.74) is 41.6. The normalized spacial score (nSPS) is 14.0. The molecular weight excluding hydrogens is 1220 g/mol. The molecule has 510 valence electrons. The van der Waals surface area contributed by atoms with E-state index in [9.17, 15) is 14.4 Å². The van der Waals surface area contributed by atoms with Crippen molar-refractivity contribution in [2.24, 2.45) is 34.4 Å². The number of benzene rings is 5. The van der Waals surface area contributed by atoms with E-state index in [-0.39, 0.29) is 51.6 Å². The molecule has 8 atom stereocenters. The molecule has 1 unspecified atom stereocenters. The van der Waals surface area contributed by atoms with Crippen LogP contribution in [0.3, 0.4) is 0 Å². The largest absolute Gasteiger partial charge is 0.368 e. The molecule has 8 aromatic rings. The van der Waals surface area contributed by atoms with Crippen LogP contribution in [0.4, 0.5) is 0 Å². The lowest BCUT2D eigenvalue weighted by Crippen LogP contribution is -2.61. The minimum atomic E-state index is -1.41. The first-order valence-electron chi connectivity index (χ1n) is 33.3. The maximum Gasteiger partial charge on any atom is 0.244 e. The molecule has 0 saturated heterocycles. The van der Waals surface area contributed by atoms with E-state index >= 15 is 24.0 Å². The SMILES string of the molecule is NCCCC[C@H](NC(=O)C(NC(=O)[C@H](Cc1c[nH]c2ccccc12)NC(=O)[C@H](CCCCN)NC(=O)[C@H](CCCCN)NC(=O)[C@H](Cc1c[nH]c2ccccc12)NC(=O)[C@H](Cc1c[nH]c2ccccc12)NC(=O)[C@@H](N)CCCCN)C(c1ccccc1)c1ccccc1)C(N)=O. The Bertz CT molecular complexity index is 3800. The van der Waals surface area contributed by atoms with E-state index in [1.807, 2.05) is 133 Å². The molecule has 96 heavy (non-hydrogen) atoms. The number of carbonyl (C=O) groups excluding carboxylic acids is 8. The van der Waals surface area contributed by atoms with Crippen molar-refractivity contribution < 1.29 is 38.4 Å². The zero-order valence-electron chi connectivity index (χ0n) is 54.3. The van der Waals surface area contributed by atoms with Crippen molar-refractivity contribution in [3.8, 4) is 0 Å². The molecular formula is C72H94N16O8. The van der Waals surface area contributed by atoms with Crippen molar-refractivity contribution in [2.75, 3.05) is 26.2 Å². The number of rotatable bonds is 40. The van der Waals surface area contributed by atoms with Gasteiger partial charge in [-0.3, -0.25) is 38.4 Å². The van der Waals surface area contributed by atoms with Gasteiger partial charge in [0.15, 0.2) is 0 Å². The fraction of sp³-hybridized carbons (Fsp3) is 0.389. The number of fused-ring (bicyclic) bond motifs is 3. The van der Waals surface area contributed by atoms with Crippen molar-refractivity contribution in [1.29, 1.82) is 0 Å². The van der Waals surface area contributed by atoms with Gasteiger partial charge in [-0.25, -0.2) is 0 Å². The first-order chi connectivity index (χ1) is 46.6. The van der Waals surface area contributed by atoms with Crippen LogP contribution in [0, 0.1) is 0 Å². The Morgan fingerprint density at radius 2 is 0.635 bits per heavy atom. The Balaban J connectivity index is 1.11. The molecule has 0 aliphatic heterocycles. The number of nitrogens with one attached hydrogen (secondary N) is 10. The fourth-order valence-corrected chi connectivity index (χ4v) is 12.2. The number of aromatic nitrogens is 3. The van der Waals surface area contributed by atoms with Crippen LogP contribution in [0.25, 0.3) is 32.7 Å². The minimum absolute atomic E-state index is 0.0196. The molecule has 8 rings (SSSR count). The number of nitrogens with two attached hydrogens (primary N) is 6. The van der Waals surface area contributed by atoms with Gasteiger partial charge in [0.2, 0.25) is 47.3 Å². The quantitative estimate of drug-likeness (QED) is 0.0244. The predicted molar refractivity (Wildman–Crippen MR) is 373 cm³/mol. The van der Waals surface area contributed by atoms with Gasteiger partial charge in [0.25, 0.3) is 0 Å². The van der Waals surface area contributed by atoms with E-state index in [0.717, 1.165) is 38.3 Å². The van der Waals surface area contributed by atoms with Crippen LogP contribution in [0.15, 0.2) is 152 Å². The topological polar surface area (TPSA) is 424 Å². The van der Waals surface area contributed by atoms with Gasteiger partial charge in [0.05, 0.1) is 6.04 Å². The average Bonchev–Trinajstić information content (AvgIpc) is 1.21. The molecule has 0 saturated carbocycles. The highest BCUT2D eigenvalue weighted by atomic mass is 16.2. The molecule has 0 radical (unpaired) electrons. The molecule has 0 spiro atoms. The maximum atomic E-state index is 15.5. The van der Waals surface area contributed by atoms with Gasteiger partial charge in [-0.15, -0.1) is 0 Å². The van der Waals surface area contributed by atoms with E-state index in [1.165, 1.54) is 0 Å². The molecule has 3 aromatic heterocycles. The Morgan fingerprint density at radius 3 is 1.01 bits per heavy atom. The number of primary amides is 1. The van der Waals surface area contributed by atoms with Crippen LogP contribution in [0.2, 0.25) is 0 Å². The molecule has 24 nitrogen and oxygen atoms in total. The summed E-state index contributed by atoms with van der Waals surface area (Å²) in [6, 6.07) is 30.6. The van der Waals surface area contributed by atoms with Gasteiger partial charge in [0, 0.05) is 76.5 Å². The average molecular weight is 1310 g/mol. The summed E-state index contributed by atoms with van der Waals surface area (Å²) in [6.45, 7) is 1.31. The Labute approximate surface area is 559 Å². The fourth-order valence-electron chi connectivity index (χ4n) is 12.2. The van der Waals surface area contributed by atoms with E-state index in [1.54, 1.807) is 18.6 Å². The lowest BCUT2D eigenvalue weighted by atomic mass is 9.84. The number of para-hydroxylation sites is 3. The monoisotopic (exact) mass is 1310 g/mol. The van der Waals surface area contributed by atoms with Crippen molar-refractivity contribution >= 4 is 80.0 Å². The second-order valence-electron chi connectivity index (χ2n) is 24.5. The summed E-state index contributed by atoms with van der Waals surface area (Å²) in [5.74, 6) is -6.56. The van der Waals surface area contributed by atoms with Gasteiger partial charge < -0.3 is 86.6 Å². The van der Waals surface area contributed by atoms with Crippen LogP contribution in [-0.2, 0) is 57.6 Å². The van der Waals surface area contributed by atoms with Crippen LogP contribution < -0.4 is 71.6 Å². The number of hydrogen-bond donors (Lipinski definition) is 16. The number of amides is 8. The van der Waals surface area contributed by atoms with E-state index < -0.39 is 102 Å². The Morgan fingerprint density at radius 1 is 0.333 bits per heavy atom. The summed E-state index contributed by atoms with van der Waals surface area (Å²) in [6.07, 6.45) is 9.68. The van der Waals surface area contributed by atoms with Crippen LogP contribution in [0.1, 0.15) is 111 Å². The molecule has 0 aliphatic carbocycles. The number of unbranched alkanes of at least 4 members (excludes halogenated alkanes) is 4. The molecule has 8 amide bonds. The Kier molecular flexibility index (Phi) is 27.7. The third-order valence-electron chi connectivity index (χ3n) is 17.5. The summed E-state index contributed by atoms with van der Waals surface area (Å²) in [5, 5.41) is 22.9. The van der Waals surface area contributed by atoms with Gasteiger partial charge in [-0.1, -0.05) is 122 Å². The second kappa shape index (κ2) is 36.8. The maximum absolute atomic E-state index is 15.5. The minimum Gasteiger partial charge on any atom is -0.368 e. The van der Waals surface area contributed by atoms with E-state index in [0.29, 0.717) is 93.1 Å². The molecule has 22 N–H and O–H groups in total. The van der Waals surface area contributed by atoms with Gasteiger partial charge >= 0.3 is 0 Å². The lowest BCUT2D eigenvalue weighted by molar-refractivity contribution is -0.136. The lowest BCUT2D eigenvalue weighted by Gasteiger charge is -2.31. The van der Waals surface area contributed by atoms with E-state index in [4.69, 9.17) is 34.4 Å². The molecule has 5 aromatic carbocycles. The van der Waals surface area contributed by atoms with Crippen molar-refractivity contribution in [2.45, 2.75) is 151 Å². The van der Waals surface area contributed by atoms with Crippen LogP contribution >= 0.6 is 0 Å². The number of carbonyl (C=O) groups is 8. The molecule has 0 aliphatic rings. The third kappa shape index (κ3) is 20.2. The van der Waals surface area contributed by atoms with Gasteiger partial charge in [-0.2, -0.15) is 0 Å². The molecule has 0 fully saturated rings. The number of hydrogen-bond acceptors (Lipinski definition) is 13. The standard InChI is InChI=1S/C72H94N16O8/c73-35-17-13-28-53(77)66(90)85-60(39-47-42-79-54-29-10-7-25-50(47)54)70(94)87-61(40-48-43-80-55-30-11-8-26-51(48)55)69(93)84-58(33-15-19-37-75)67(91)83-59(34-16-20-38-76)68(92)86-62(41-49-44-81-56-31-12-9-27-52(49)56)71(95)88-64(72(96)82-57(65(78)89)32-14-18-36-74)63(45-21-3-1-4-22-45)46-23-5-2-6-24-46/h1-12,21-27,29-31,42-44,53,57-64,79-81H,13-20,28,32-41,73-77H2,(H2,78,89)(H,82,96)(H,83,91)(H,84,93)(H,85,90)(H,86,92)(H,87,94)(H,88,95)/t53-,57-,58-,59-,60-,61-,62-,64?/m0/s1. The Hall–Kier alpha value is -9.72. The molecule has 24 heteroatoms. The zero-order chi connectivity index (χ0) is 68.3. The summed E-state index contributed by atoms with van der Waals surface area (Å²) >= 11 is 0. The zero-order valence-corrected chi connectivity index (χ0v) is 54.3. The highest BCUT2D eigenvalue weighted by molar-refractivity contribution is 5.99. The van der Waals surface area contributed by atoms with Gasteiger partial charge in [-0.05, 0) is 143 Å². The first-order valence-corrected chi connectivity index (χ1v) is 33.3. The van der Waals surface area contributed by atoms with Crippen molar-refractivity contribution in [3.63, 3.8) is 0 Å². The van der Waals surface area contributed by atoms with E-state index in [2.05, 4.69) is 52.2 Å². The van der Waals surface area contributed by atoms with Crippen LogP contribution in [-0.4, -0.2) is 137 Å². The highest BCUT2D eigenvalue weighted by Crippen LogP contribution is 2.30. The third-order valence-corrected chi connectivity index (χ3v) is 17.5. The summed E-state index contributed by atoms with van der Waals surface area (Å²) < 4.78 is 0. The molecule has 3 heterocycles. The van der Waals surface area contributed by atoms with Gasteiger partial charge in [0.1, 0.15) is 42.3 Å². The second-order valence-corrected chi connectivity index (χ2v) is 24.5. The number of H-pyrrole nitrogens is 3. The van der Waals surface area contributed by atoms with Crippen molar-refractivity contribution in [1.82, 2.24) is 52.2 Å². The molecule has 0 bridgehead atoms. The predicted octanol–water partition coefficient (Wildman–Crippen LogP) is 3.71. The summed E-state index contributed by atoms with van der Waals surface area (Å²) in [4.78, 5) is 128. The smallest absolute Gasteiger partial charge is 0.244 e. The summed E-state index contributed by atoms with van der Waals surface area (Å²) in [7, 11) is 0. The van der Waals surface area contributed by atoms with Crippen LogP contribution in [0.5, 0.6) is 0 Å².